The summed E-state index contributed by atoms with van der Waals surface area (Å²) in [7, 11) is 0. The average molecular weight is 287 g/mol. The van der Waals surface area contributed by atoms with Gasteiger partial charge in [-0.1, -0.05) is 32.0 Å². The van der Waals surface area contributed by atoms with E-state index in [4.69, 9.17) is 4.74 Å². The lowest BCUT2D eigenvalue weighted by Crippen LogP contribution is -2.22. The van der Waals surface area contributed by atoms with E-state index >= 15 is 0 Å². The lowest BCUT2D eigenvalue weighted by molar-refractivity contribution is 0.293. The number of nitrogens with one attached hydrogen (secondary N) is 1. The van der Waals surface area contributed by atoms with Crippen LogP contribution in [0, 0.1) is 13.8 Å². The van der Waals surface area contributed by atoms with Crippen molar-refractivity contribution in [3.8, 4) is 5.75 Å². The highest BCUT2D eigenvalue weighted by atomic mass is 16.5. The summed E-state index contributed by atoms with van der Waals surface area (Å²) in [4.78, 5) is 4.31. The monoisotopic (exact) mass is 287 g/mol. The molecule has 1 aromatic carbocycles. The van der Waals surface area contributed by atoms with Gasteiger partial charge in [0, 0.05) is 23.8 Å². The molecule has 0 aliphatic rings. The molecule has 2 aromatic rings. The van der Waals surface area contributed by atoms with Crippen molar-refractivity contribution in [2.75, 3.05) is 6.61 Å². The van der Waals surface area contributed by atoms with Gasteiger partial charge >= 0.3 is 0 Å². The summed E-state index contributed by atoms with van der Waals surface area (Å²) >= 11 is 0. The molecule has 0 aliphatic carbocycles. The van der Waals surface area contributed by atoms with Gasteiger partial charge in [0.15, 0.2) is 0 Å². The van der Waals surface area contributed by atoms with E-state index in [1.807, 2.05) is 31.5 Å². The van der Waals surface area contributed by atoms with Gasteiger partial charge in [-0.3, -0.25) is 0 Å². The van der Waals surface area contributed by atoms with E-state index in [1.54, 1.807) is 0 Å². The Hall–Kier alpha value is -1.81. The molecule has 1 heterocycles. The molecule has 114 valence electrons. The smallest absolute Gasteiger partial charge is 0.123 e. The zero-order valence-corrected chi connectivity index (χ0v) is 13.4. The molecule has 1 aromatic heterocycles. The number of hydrogen-bond donors (Lipinski definition) is 1. The number of ether oxygens (including phenoxy) is 1. The molecule has 2 rings (SSSR count). The van der Waals surface area contributed by atoms with E-state index < -0.39 is 0 Å². The van der Waals surface area contributed by atoms with Crippen molar-refractivity contribution in [3.05, 3.63) is 47.5 Å². The minimum absolute atomic E-state index is 0.467. The van der Waals surface area contributed by atoms with E-state index in [0.29, 0.717) is 12.6 Å². The Bertz CT molecular complexity index is 575. The van der Waals surface area contributed by atoms with Gasteiger partial charge in [0.25, 0.3) is 0 Å². The number of nitrogens with zero attached hydrogens (tertiary/aromatic N) is 2. The lowest BCUT2D eigenvalue weighted by atomic mass is 10.2. The fourth-order valence-corrected chi connectivity index (χ4v) is 2.13. The second kappa shape index (κ2) is 7.27. The molecule has 0 aliphatic heterocycles. The number of imidazole rings is 1. The van der Waals surface area contributed by atoms with E-state index in [1.165, 1.54) is 11.3 Å². The number of hydrogen-bond acceptors (Lipinski definition) is 3. The van der Waals surface area contributed by atoms with E-state index in [-0.39, 0.29) is 0 Å². The Morgan fingerprint density at radius 3 is 2.67 bits per heavy atom. The molecule has 0 fully saturated rings. The normalized spacial score (nSPS) is 11.1. The number of rotatable bonds is 7. The molecule has 0 unspecified atom stereocenters. The quantitative estimate of drug-likeness (QED) is 0.850. The van der Waals surface area contributed by atoms with Crippen LogP contribution in [0.15, 0.2) is 30.6 Å². The van der Waals surface area contributed by atoms with Gasteiger partial charge < -0.3 is 14.6 Å². The third-order valence-electron chi connectivity index (χ3n) is 3.61. The number of aromatic nitrogens is 2. The molecule has 0 saturated carbocycles. The molecule has 0 atom stereocenters. The fourth-order valence-electron chi connectivity index (χ4n) is 2.13. The Balaban J connectivity index is 1.92. The minimum atomic E-state index is 0.467. The van der Waals surface area contributed by atoms with Gasteiger partial charge in [0.1, 0.15) is 12.4 Å². The Morgan fingerprint density at radius 2 is 2.00 bits per heavy atom. The molecule has 0 bridgehead atoms. The van der Waals surface area contributed by atoms with Crippen molar-refractivity contribution in [3.63, 3.8) is 0 Å². The highest BCUT2D eigenvalue weighted by Gasteiger charge is 2.05. The van der Waals surface area contributed by atoms with Crippen LogP contribution in [0.3, 0.4) is 0 Å². The molecule has 0 saturated heterocycles. The topological polar surface area (TPSA) is 39.1 Å². The summed E-state index contributed by atoms with van der Waals surface area (Å²) in [6.45, 7) is 10.7. The summed E-state index contributed by atoms with van der Waals surface area (Å²) in [5, 5.41) is 3.43. The molecular formula is C17H25N3O. The first-order chi connectivity index (χ1) is 10.1. The van der Waals surface area contributed by atoms with Crippen molar-refractivity contribution < 1.29 is 4.74 Å². The minimum Gasteiger partial charge on any atom is -0.491 e. The summed E-state index contributed by atoms with van der Waals surface area (Å²) in [6.07, 6.45) is 1.88. The van der Waals surface area contributed by atoms with Crippen molar-refractivity contribution in [2.24, 2.45) is 0 Å². The Labute approximate surface area is 127 Å². The fraction of sp³-hybridized carbons (Fsp3) is 0.471. The summed E-state index contributed by atoms with van der Waals surface area (Å²) in [5.74, 6) is 0.958. The van der Waals surface area contributed by atoms with Crippen molar-refractivity contribution >= 4 is 0 Å². The van der Waals surface area contributed by atoms with Crippen LogP contribution in [-0.2, 0) is 13.1 Å². The van der Waals surface area contributed by atoms with Crippen LogP contribution in [0.5, 0.6) is 5.75 Å². The Kier molecular flexibility index (Phi) is 5.39. The SMILES string of the molecule is Cc1ncn(CCOc2ccccc2CNC(C)C)c1C. The third-order valence-corrected chi connectivity index (χ3v) is 3.61. The molecule has 0 radical (unpaired) electrons. The van der Waals surface area contributed by atoms with Crippen LogP contribution < -0.4 is 10.1 Å². The third kappa shape index (κ3) is 4.33. The molecule has 0 spiro atoms. The van der Waals surface area contributed by atoms with Crippen molar-refractivity contribution in [1.82, 2.24) is 14.9 Å². The van der Waals surface area contributed by atoms with Crippen LogP contribution >= 0.6 is 0 Å². The van der Waals surface area contributed by atoms with E-state index in [0.717, 1.165) is 24.5 Å². The highest BCUT2D eigenvalue weighted by Crippen LogP contribution is 2.18. The maximum atomic E-state index is 5.95. The first-order valence-corrected chi connectivity index (χ1v) is 7.50. The second-order valence-corrected chi connectivity index (χ2v) is 5.60. The van der Waals surface area contributed by atoms with E-state index in [2.05, 4.69) is 41.7 Å². The van der Waals surface area contributed by atoms with Gasteiger partial charge in [-0.05, 0) is 19.9 Å². The van der Waals surface area contributed by atoms with Crippen LogP contribution in [0.4, 0.5) is 0 Å². The maximum Gasteiger partial charge on any atom is 0.123 e. The zero-order chi connectivity index (χ0) is 15.2. The first-order valence-electron chi connectivity index (χ1n) is 7.50. The number of benzene rings is 1. The summed E-state index contributed by atoms with van der Waals surface area (Å²) in [5.41, 5.74) is 3.48. The van der Waals surface area contributed by atoms with Crippen LogP contribution in [0.2, 0.25) is 0 Å². The molecule has 0 amide bonds. The lowest BCUT2D eigenvalue weighted by Gasteiger charge is -2.14. The second-order valence-electron chi connectivity index (χ2n) is 5.60. The first kappa shape index (κ1) is 15.6. The van der Waals surface area contributed by atoms with Crippen molar-refractivity contribution in [2.45, 2.75) is 46.8 Å². The molecular weight excluding hydrogens is 262 g/mol. The molecule has 21 heavy (non-hydrogen) atoms. The predicted octanol–water partition coefficient (Wildman–Crippen LogP) is 3.08. The molecule has 4 nitrogen and oxygen atoms in total. The number of aryl methyl sites for hydroxylation is 1. The zero-order valence-electron chi connectivity index (χ0n) is 13.4. The Morgan fingerprint density at radius 1 is 1.24 bits per heavy atom. The van der Waals surface area contributed by atoms with Gasteiger partial charge in [-0.2, -0.15) is 0 Å². The highest BCUT2D eigenvalue weighted by molar-refractivity contribution is 5.33. The van der Waals surface area contributed by atoms with Crippen LogP contribution in [0.1, 0.15) is 30.8 Å². The predicted molar refractivity (Wildman–Crippen MR) is 85.6 cm³/mol. The standard InChI is InChI=1S/C17H25N3O/c1-13(2)18-11-16-7-5-6-8-17(16)21-10-9-20-12-19-14(3)15(20)4/h5-8,12-13,18H,9-11H2,1-4H3. The van der Waals surface area contributed by atoms with Gasteiger partial charge in [0.2, 0.25) is 0 Å². The van der Waals surface area contributed by atoms with Crippen molar-refractivity contribution in [1.29, 1.82) is 0 Å². The largest absolute Gasteiger partial charge is 0.491 e. The van der Waals surface area contributed by atoms with Crippen LogP contribution in [-0.4, -0.2) is 22.2 Å². The summed E-state index contributed by atoms with van der Waals surface area (Å²) < 4.78 is 8.08. The molecule has 1 N–H and O–H groups in total. The summed E-state index contributed by atoms with van der Waals surface area (Å²) in [6, 6.07) is 8.67. The average Bonchev–Trinajstić information content (AvgIpc) is 2.78. The van der Waals surface area contributed by atoms with Crippen LogP contribution in [0.25, 0.3) is 0 Å². The van der Waals surface area contributed by atoms with Gasteiger partial charge in [0.05, 0.1) is 18.6 Å². The number of para-hydroxylation sites is 1. The van der Waals surface area contributed by atoms with E-state index in [9.17, 15) is 0 Å². The van der Waals surface area contributed by atoms with Gasteiger partial charge in [-0.25, -0.2) is 4.98 Å². The molecule has 4 heteroatoms. The maximum absolute atomic E-state index is 5.95. The van der Waals surface area contributed by atoms with Gasteiger partial charge in [-0.15, -0.1) is 0 Å².